The number of nitrogens with zero attached hydrogens (tertiary/aromatic N) is 2. The number of rotatable bonds is 5. The van der Waals surface area contributed by atoms with E-state index in [4.69, 9.17) is 14.0 Å². The second-order valence-corrected chi connectivity index (χ2v) is 6.25. The van der Waals surface area contributed by atoms with Gasteiger partial charge in [-0.1, -0.05) is 47.6 Å². The highest BCUT2D eigenvalue weighted by molar-refractivity contribution is 5.99. The quantitative estimate of drug-likeness (QED) is 0.679. The zero-order valence-corrected chi connectivity index (χ0v) is 15.0. The van der Waals surface area contributed by atoms with E-state index in [0.29, 0.717) is 17.3 Å². The molecule has 0 bridgehead atoms. The predicted molar refractivity (Wildman–Crippen MR) is 98.3 cm³/mol. The Kier molecular flexibility index (Phi) is 4.76. The SMILES string of the molecule is C[C@@H](OC(=O)C[C@H]1Oc2ccccc2NC1=O)c1nc(-c2ccccc2)no1. The molecule has 28 heavy (non-hydrogen) atoms. The predicted octanol–water partition coefficient (Wildman–Crippen LogP) is 3.13. The minimum absolute atomic E-state index is 0.173. The molecule has 0 aliphatic carbocycles. The Labute approximate surface area is 160 Å². The Balaban J connectivity index is 1.38. The summed E-state index contributed by atoms with van der Waals surface area (Å²) in [5, 5.41) is 6.61. The van der Waals surface area contributed by atoms with E-state index < -0.39 is 24.1 Å². The van der Waals surface area contributed by atoms with Crippen LogP contribution in [0.5, 0.6) is 5.75 Å². The molecular formula is C20H17N3O5. The molecule has 8 heteroatoms. The van der Waals surface area contributed by atoms with Crippen LogP contribution in [0.3, 0.4) is 0 Å². The number of carbonyl (C=O) groups excluding carboxylic acids is 2. The maximum atomic E-state index is 12.3. The van der Waals surface area contributed by atoms with E-state index >= 15 is 0 Å². The van der Waals surface area contributed by atoms with Crippen molar-refractivity contribution < 1.29 is 23.6 Å². The largest absolute Gasteiger partial charge is 0.478 e. The maximum absolute atomic E-state index is 12.3. The van der Waals surface area contributed by atoms with Crippen LogP contribution in [-0.4, -0.2) is 28.1 Å². The zero-order chi connectivity index (χ0) is 19.5. The number of benzene rings is 2. The van der Waals surface area contributed by atoms with Crippen LogP contribution in [0.2, 0.25) is 0 Å². The number of hydrogen-bond acceptors (Lipinski definition) is 7. The van der Waals surface area contributed by atoms with E-state index in [1.165, 1.54) is 0 Å². The summed E-state index contributed by atoms with van der Waals surface area (Å²) in [6.45, 7) is 1.62. The van der Waals surface area contributed by atoms with Gasteiger partial charge in [-0.05, 0) is 19.1 Å². The molecule has 1 aliphatic rings. The number of anilines is 1. The van der Waals surface area contributed by atoms with Crippen molar-refractivity contribution in [1.82, 2.24) is 10.1 Å². The fraction of sp³-hybridized carbons (Fsp3) is 0.200. The van der Waals surface area contributed by atoms with Crippen molar-refractivity contribution in [2.75, 3.05) is 5.32 Å². The zero-order valence-electron chi connectivity index (χ0n) is 15.0. The third kappa shape index (κ3) is 3.71. The molecule has 1 aliphatic heterocycles. The number of ether oxygens (including phenoxy) is 2. The Morgan fingerprint density at radius 3 is 2.75 bits per heavy atom. The molecule has 0 unspecified atom stereocenters. The summed E-state index contributed by atoms with van der Waals surface area (Å²) in [4.78, 5) is 28.6. The summed E-state index contributed by atoms with van der Waals surface area (Å²) in [6, 6.07) is 16.3. The van der Waals surface area contributed by atoms with Crippen molar-refractivity contribution in [2.24, 2.45) is 0 Å². The van der Waals surface area contributed by atoms with Crippen LogP contribution in [0.15, 0.2) is 59.1 Å². The number of para-hydroxylation sites is 2. The first kappa shape index (κ1) is 17.7. The third-order valence-electron chi connectivity index (χ3n) is 4.19. The fourth-order valence-corrected chi connectivity index (χ4v) is 2.78. The Morgan fingerprint density at radius 1 is 1.18 bits per heavy atom. The molecule has 8 nitrogen and oxygen atoms in total. The van der Waals surface area contributed by atoms with Gasteiger partial charge in [-0.15, -0.1) is 0 Å². The van der Waals surface area contributed by atoms with Gasteiger partial charge in [0.05, 0.1) is 12.1 Å². The molecule has 1 aromatic heterocycles. The molecule has 142 valence electrons. The summed E-state index contributed by atoms with van der Waals surface area (Å²) < 4.78 is 16.1. The number of amides is 1. The van der Waals surface area contributed by atoms with Gasteiger partial charge in [0.25, 0.3) is 11.8 Å². The highest BCUT2D eigenvalue weighted by Gasteiger charge is 2.31. The molecule has 4 rings (SSSR count). The van der Waals surface area contributed by atoms with E-state index in [1.54, 1.807) is 31.2 Å². The highest BCUT2D eigenvalue weighted by Crippen LogP contribution is 2.30. The molecule has 2 heterocycles. The summed E-state index contributed by atoms with van der Waals surface area (Å²) in [7, 11) is 0. The average molecular weight is 379 g/mol. The van der Waals surface area contributed by atoms with E-state index in [-0.39, 0.29) is 12.3 Å². The Morgan fingerprint density at radius 2 is 1.93 bits per heavy atom. The standard InChI is InChI=1S/C20H17N3O5/c1-12(20-22-18(23-28-20)13-7-3-2-4-8-13)26-17(24)11-16-19(25)21-14-9-5-6-10-15(14)27-16/h2-10,12,16H,11H2,1H3,(H,21,25)/t12-,16-/m1/s1. The fourth-order valence-electron chi connectivity index (χ4n) is 2.78. The van der Waals surface area contributed by atoms with Crippen LogP contribution in [0, 0.1) is 0 Å². The van der Waals surface area contributed by atoms with Gasteiger partial charge in [0.2, 0.25) is 5.82 Å². The summed E-state index contributed by atoms with van der Waals surface area (Å²) >= 11 is 0. The summed E-state index contributed by atoms with van der Waals surface area (Å²) in [5.41, 5.74) is 1.37. The van der Waals surface area contributed by atoms with Crippen LogP contribution in [0.4, 0.5) is 5.69 Å². The van der Waals surface area contributed by atoms with Gasteiger partial charge >= 0.3 is 5.97 Å². The van der Waals surface area contributed by atoms with Gasteiger partial charge in [0.1, 0.15) is 5.75 Å². The first-order valence-corrected chi connectivity index (χ1v) is 8.75. The average Bonchev–Trinajstić information content (AvgIpc) is 3.20. The van der Waals surface area contributed by atoms with Crippen LogP contribution in [0.1, 0.15) is 25.3 Å². The lowest BCUT2D eigenvalue weighted by atomic mass is 10.1. The lowest BCUT2D eigenvalue weighted by Crippen LogP contribution is -2.38. The molecule has 0 radical (unpaired) electrons. The molecular weight excluding hydrogens is 362 g/mol. The molecule has 2 atom stereocenters. The van der Waals surface area contributed by atoms with Gasteiger partial charge in [-0.2, -0.15) is 4.98 Å². The Hall–Kier alpha value is -3.68. The van der Waals surface area contributed by atoms with Crippen molar-refractivity contribution in [3.63, 3.8) is 0 Å². The monoisotopic (exact) mass is 379 g/mol. The van der Waals surface area contributed by atoms with Crippen molar-refractivity contribution in [2.45, 2.75) is 25.6 Å². The smallest absolute Gasteiger partial charge is 0.310 e. The van der Waals surface area contributed by atoms with E-state index in [0.717, 1.165) is 5.56 Å². The van der Waals surface area contributed by atoms with Gasteiger partial charge in [0, 0.05) is 5.56 Å². The topological polar surface area (TPSA) is 104 Å². The van der Waals surface area contributed by atoms with Crippen LogP contribution >= 0.6 is 0 Å². The molecule has 2 aromatic carbocycles. The molecule has 0 saturated heterocycles. The van der Waals surface area contributed by atoms with Crippen molar-refractivity contribution in [3.8, 4) is 17.1 Å². The molecule has 3 aromatic rings. The Bertz CT molecular complexity index is 1000. The molecule has 0 fully saturated rings. The second kappa shape index (κ2) is 7.51. The number of carbonyl (C=O) groups is 2. The van der Waals surface area contributed by atoms with Gasteiger partial charge in [0.15, 0.2) is 12.2 Å². The number of fused-ring (bicyclic) bond motifs is 1. The minimum atomic E-state index is -0.961. The number of hydrogen-bond donors (Lipinski definition) is 1. The second-order valence-electron chi connectivity index (χ2n) is 6.25. The molecule has 1 amide bonds. The van der Waals surface area contributed by atoms with Crippen molar-refractivity contribution >= 4 is 17.6 Å². The normalized spacial score (nSPS) is 16.5. The number of aromatic nitrogens is 2. The molecule has 0 spiro atoms. The van der Waals surface area contributed by atoms with Crippen molar-refractivity contribution in [3.05, 3.63) is 60.5 Å². The van der Waals surface area contributed by atoms with Gasteiger partial charge in [-0.25, -0.2) is 0 Å². The van der Waals surface area contributed by atoms with Crippen LogP contribution < -0.4 is 10.1 Å². The minimum Gasteiger partial charge on any atom is -0.478 e. The van der Waals surface area contributed by atoms with Crippen LogP contribution in [0.25, 0.3) is 11.4 Å². The first-order chi connectivity index (χ1) is 13.6. The third-order valence-corrected chi connectivity index (χ3v) is 4.19. The van der Waals surface area contributed by atoms with E-state index in [2.05, 4.69) is 15.5 Å². The summed E-state index contributed by atoms with van der Waals surface area (Å²) in [5.74, 6) is 0.0907. The summed E-state index contributed by atoms with van der Waals surface area (Å²) in [6.07, 6.45) is -1.95. The lowest BCUT2D eigenvalue weighted by Gasteiger charge is -2.25. The highest BCUT2D eigenvalue weighted by atomic mass is 16.6. The maximum Gasteiger partial charge on any atom is 0.310 e. The van der Waals surface area contributed by atoms with Gasteiger partial charge < -0.3 is 19.3 Å². The van der Waals surface area contributed by atoms with Crippen molar-refractivity contribution in [1.29, 1.82) is 0 Å². The van der Waals surface area contributed by atoms with E-state index in [1.807, 2.05) is 30.3 Å². The van der Waals surface area contributed by atoms with Gasteiger partial charge in [-0.3, -0.25) is 9.59 Å². The number of esters is 1. The van der Waals surface area contributed by atoms with E-state index in [9.17, 15) is 9.59 Å². The first-order valence-electron chi connectivity index (χ1n) is 8.75. The lowest BCUT2D eigenvalue weighted by molar-refractivity contribution is -0.153. The number of nitrogens with one attached hydrogen (secondary N) is 1. The van der Waals surface area contributed by atoms with Crippen LogP contribution in [-0.2, 0) is 14.3 Å². The molecule has 1 N–H and O–H groups in total. The molecule has 0 saturated carbocycles.